The Morgan fingerprint density at radius 1 is 1.32 bits per heavy atom. The van der Waals surface area contributed by atoms with Crippen molar-refractivity contribution in [3.8, 4) is 5.88 Å². The lowest BCUT2D eigenvalue weighted by Crippen LogP contribution is -2.44. The highest BCUT2D eigenvalue weighted by Crippen LogP contribution is 2.07. The average molecular weight is 308 g/mol. The maximum absolute atomic E-state index is 12.3. The van der Waals surface area contributed by atoms with E-state index < -0.39 is 0 Å². The van der Waals surface area contributed by atoms with Gasteiger partial charge < -0.3 is 19.9 Å². The average Bonchev–Trinajstić information content (AvgIpc) is 2.49. The number of methoxy groups -OCH3 is 1. The number of urea groups is 1. The molecule has 0 radical (unpaired) electrons. The van der Waals surface area contributed by atoms with Gasteiger partial charge in [-0.15, -0.1) is 0 Å². The highest BCUT2D eigenvalue weighted by molar-refractivity contribution is 5.74. The predicted octanol–water partition coefficient (Wildman–Crippen LogP) is 1.82. The van der Waals surface area contributed by atoms with Crippen molar-refractivity contribution in [2.75, 3.05) is 40.8 Å². The van der Waals surface area contributed by atoms with E-state index in [9.17, 15) is 4.79 Å². The van der Waals surface area contributed by atoms with Crippen molar-refractivity contribution in [1.29, 1.82) is 0 Å². The monoisotopic (exact) mass is 308 g/mol. The summed E-state index contributed by atoms with van der Waals surface area (Å²) < 4.78 is 5.02. The number of carbonyl (C=O) groups excluding carboxylic acids is 1. The van der Waals surface area contributed by atoms with Gasteiger partial charge in [-0.25, -0.2) is 9.78 Å². The number of aromatic nitrogens is 1. The summed E-state index contributed by atoms with van der Waals surface area (Å²) >= 11 is 0. The molecule has 6 nitrogen and oxygen atoms in total. The van der Waals surface area contributed by atoms with E-state index in [0.717, 1.165) is 25.2 Å². The van der Waals surface area contributed by atoms with Crippen LogP contribution in [0.25, 0.3) is 0 Å². The second-order valence-corrected chi connectivity index (χ2v) is 6.01. The van der Waals surface area contributed by atoms with E-state index in [2.05, 4.69) is 29.0 Å². The number of pyridine rings is 1. The minimum absolute atomic E-state index is 0.0358. The number of carbonyl (C=O) groups is 1. The minimum atomic E-state index is -0.0358. The number of amides is 2. The van der Waals surface area contributed by atoms with Crippen molar-refractivity contribution < 1.29 is 9.53 Å². The van der Waals surface area contributed by atoms with Crippen molar-refractivity contribution in [2.45, 2.75) is 20.4 Å². The first kappa shape index (κ1) is 18.2. The number of ether oxygens (including phenoxy) is 1. The molecule has 0 bridgehead atoms. The fraction of sp³-hybridized carbons (Fsp3) is 0.625. The van der Waals surface area contributed by atoms with Crippen LogP contribution in [0.1, 0.15) is 19.4 Å². The lowest BCUT2D eigenvalue weighted by Gasteiger charge is -2.26. The predicted molar refractivity (Wildman–Crippen MR) is 88.0 cm³/mol. The zero-order valence-corrected chi connectivity index (χ0v) is 14.3. The van der Waals surface area contributed by atoms with E-state index in [0.29, 0.717) is 18.3 Å². The second kappa shape index (κ2) is 9.25. The fourth-order valence-electron chi connectivity index (χ4n) is 1.96. The number of rotatable bonds is 8. The molecule has 0 atom stereocenters. The molecule has 22 heavy (non-hydrogen) atoms. The van der Waals surface area contributed by atoms with Gasteiger partial charge in [0.2, 0.25) is 5.88 Å². The summed E-state index contributed by atoms with van der Waals surface area (Å²) in [6.07, 6.45) is 1.71. The van der Waals surface area contributed by atoms with Gasteiger partial charge in [0, 0.05) is 38.4 Å². The Morgan fingerprint density at radius 2 is 2.05 bits per heavy atom. The van der Waals surface area contributed by atoms with Crippen LogP contribution in [0, 0.1) is 5.92 Å². The molecule has 0 fully saturated rings. The summed E-state index contributed by atoms with van der Waals surface area (Å²) in [6, 6.07) is 3.66. The standard InChI is InChI=1S/C16H28N4O2/c1-13(2)12-20(9-8-19(3)4)16(21)18-11-14-6-7-15(22-5)17-10-14/h6-7,10,13H,8-9,11-12H2,1-5H3,(H,18,21). The van der Waals surface area contributed by atoms with Crippen LogP contribution in [-0.2, 0) is 6.54 Å². The Kier molecular flexibility index (Phi) is 7.66. The first-order valence-electron chi connectivity index (χ1n) is 7.58. The Morgan fingerprint density at radius 3 is 2.55 bits per heavy atom. The van der Waals surface area contributed by atoms with Crippen LogP contribution in [0.2, 0.25) is 0 Å². The van der Waals surface area contributed by atoms with Crippen LogP contribution in [-0.4, -0.2) is 61.7 Å². The van der Waals surface area contributed by atoms with Crippen molar-refractivity contribution in [3.05, 3.63) is 23.9 Å². The van der Waals surface area contributed by atoms with Gasteiger partial charge in [0.15, 0.2) is 0 Å². The van der Waals surface area contributed by atoms with Gasteiger partial charge in [0.1, 0.15) is 0 Å². The molecule has 1 aromatic rings. The summed E-state index contributed by atoms with van der Waals surface area (Å²) in [5.41, 5.74) is 0.950. The number of hydrogen-bond acceptors (Lipinski definition) is 4. The minimum Gasteiger partial charge on any atom is -0.481 e. The number of hydrogen-bond donors (Lipinski definition) is 1. The van der Waals surface area contributed by atoms with Crippen molar-refractivity contribution >= 4 is 6.03 Å². The Labute approximate surface area is 133 Å². The molecule has 124 valence electrons. The first-order valence-corrected chi connectivity index (χ1v) is 7.58. The molecule has 0 saturated heterocycles. The Balaban J connectivity index is 2.53. The lowest BCUT2D eigenvalue weighted by molar-refractivity contribution is 0.184. The summed E-state index contributed by atoms with van der Waals surface area (Å²) in [5.74, 6) is 1.01. The third-order valence-corrected chi connectivity index (χ3v) is 3.14. The zero-order valence-electron chi connectivity index (χ0n) is 14.3. The van der Waals surface area contributed by atoms with E-state index in [1.165, 1.54) is 0 Å². The highest BCUT2D eigenvalue weighted by atomic mass is 16.5. The second-order valence-electron chi connectivity index (χ2n) is 6.01. The van der Waals surface area contributed by atoms with Gasteiger partial charge in [-0.2, -0.15) is 0 Å². The first-order chi connectivity index (χ1) is 10.4. The van der Waals surface area contributed by atoms with E-state index in [1.54, 1.807) is 19.4 Å². The molecule has 1 rings (SSSR count). The van der Waals surface area contributed by atoms with Crippen LogP contribution in [0.3, 0.4) is 0 Å². The smallest absolute Gasteiger partial charge is 0.317 e. The van der Waals surface area contributed by atoms with Gasteiger partial charge in [-0.1, -0.05) is 19.9 Å². The van der Waals surface area contributed by atoms with E-state index in [4.69, 9.17) is 4.74 Å². The van der Waals surface area contributed by atoms with E-state index in [1.807, 2.05) is 25.1 Å². The molecule has 1 heterocycles. The number of nitrogens with zero attached hydrogens (tertiary/aromatic N) is 3. The molecule has 0 unspecified atom stereocenters. The van der Waals surface area contributed by atoms with Gasteiger partial charge >= 0.3 is 6.03 Å². The molecule has 0 aliphatic carbocycles. The van der Waals surface area contributed by atoms with Crippen LogP contribution >= 0.6 is 0 Å². The Bertz CT molecular complexity index is 446. The summed E-state index contributed by atoms with van der Waals surface area (Å²) in [4.78, 5) is 20.4. The summed E-state index contributed by atoms with van der Waals surface area (Å²) in [6.45, 7) is 7.02. The molecule has 0 aliphatic rings. The van der Waals surface area contributed by atoms with Crippen LogP contribution in [0.4, 0.5) is 4.79 Å². The molecule has 1 N–H and O–H groups in total. The highest BCUT2D eigenvalue weighted by Gasteiger charge is 2.14. The number of nitrogens with one attached hydrogen (secondary N) is 1. The molecule has 1 aromatic heterocycles. The quantitative estimate of drug-likeness (QED) is 0.796. The van der Waals surface area contributed by atoms with E-state index >= 15 is 0 Å². The van der Waals surface area contributed by atoms with Crippen LogP contribution in [0.5, 0.6) is 5.88 Å². The zero-order chi connectivity index (χ0) is 16.5. The third kappa shape index (κ3) is 6.76. The molecular formula is C16H28N4O2. The molecule has 0 spiro atoms. The fourth-order valence-corrected chi connectivity index (χ4v) is 1.96. The normalized spacial score (nSPS) is 10.9. The molecule has 6 heteroatoms. The van der Waals surface area contributed by atoms with Crippen molar-refractivity contribution in [3.63, 3.8) is 0 Å². The van der Waals surface area contributed by atoms with Crippen molar-refractivity contribution in [1.82, 2.24) is 20.1 Å². The maximum atomic E-state index is 12.3. The maximum Gasteiger partial charge on any atom is 0.317 e. The lowest BCUT2D eigenvalue weighted by atomic mass is 10.2. The summed E-state index contributed by atoms with van der Waals surface area (Å²) in [7, 11) is 5.60. The van der Waals surface area contributed by atoms with E-state index in [-0.39, 0.29) is 6.03 Å². The topological polar surface area (TPSA) is 57.7 Å². The van der Waals surface area contributed by atoms with Crippen LogP contribution < -0.4 is 10.1 Å². The van der Waals surface area contributed by atoms with Gasteiger partial charge in [-0.05, 0) is 25.6 Å². The molecule has 0 aromatic carbocycles. The summed E-state index contributed by atoms with van der Waals surface area (Å²) in [5, 5.41) is 2.95. The largest absolute Gasteiger partial charge is 0.481 e. The van der Waals surface area contributed by atoms with Gasteiger partial charge in [-0.3, -0.25) is 0 Å². The molecular weight excluding hydrogens is 280 g/mol. The van der Waals surface area contributed by atoms with Crippen LogP contribution in [0.15, 0.2) is 18.3 Å². The SMILES string of the molecule is COc1ccc(CNC(=O)N(CCN(C)C)CC(C)C)cn1. The van der Waals surface area contributed by atoms with Gasteiger partial charge in [0.05, 0.1) is 7.11 Å². The van der Waals surface area contributed by atoms with Crippen molar-refractivity contribution in [2.24, 2.45) is 5.92 Å². The number of likely N-dealkylation sites (N-methyl/N-ethyl adjacent to an activating group) is 1. The van der Waals surface area contributed by atoms with Gasteiger partial charge in [0.25, 0.3) is 0 Å². The molecule has 0 saturated carbocycles. The molecule has 0 aliphatic heterocycles. The Hall–Kier alpha value is -1.82. The molecule has 2 amide bonds. The third-order valence-electron chi connectivity index (χ3n) is 3.14.